The van der Waals surface area contributed by atoms with Crippen molar-refractivity contribution in [2.45, 2.75) is 43.6 Å². The molecular weight excluding hydrogens is 312 g/mol. The zero-order valence-corrected chi connectivity index (χ0v) is 14.7. The van der Waals surface area contributed by atoms with Crippen LogP contribution in [0, 0.1) is 6.92 Å². The van der Waals surface area contributed by atoms with Gasteiger partial charge >= 0.3 is 0 Å². The molecule has 0 amide bonds. The van der Waals surface area contributed by atoms with Crippen molar-refractivity contribution >= 4 is 28.6 Å². The molecule has 0 bridgehead atoms. The van der Waals surface area contributed by atoms with Crippen LogP contribution in [0.25, 0.3) is 11.0 Å². The lowest BCUT2D eigenvalue weighted by molar-refractivity contribution is -0.0299. The zero-order valence-electron chi connectivity index (χ0n) is 13.9. The van der Waals surface area contributed by atoms with Crippen molar-refractivity contribution in [3.8, 4) is 0 Å². The van der Waals surface area contributed by atoms with Crippen molar-refractivity contribution in [2.75, 3.05) is 25.1 Å². The van der Waals surface area contributed by atoms with Crippen molar-refractivity contribution in [2.24, 2.45) is 0 Å². The van der Waals surface area contributed by atoms with Gasteiger partial charge in [-0.2, -0.15) is 0 Å². The molecule has 0 atom stereocenters. The summed E-state index contributed by atoms with van der Waals surface area (Å²) in [6, 6.07) is 2.07. The third-order valence-electron chi connectivity index (χ3n) is 3.17. The number of fused-ring (bicyclic) bond motifs is 1. The minimum absolute atomic E-state index is 0.135. The Labute approximate surface area is 140 Å². The minimum atomic E-state index is -0.226. The molecule has 1 aliphatic rings. The molecule has 2 aromatic rings. The average molecular weight is 334 g/mol. The van der Waals surface area contributed by atoms with Gasteiger partial charge in [-0.15, -0.1) is 11.8 Å². The second-order valence-electron chi connectivity index (χ2n) is 6.42. The molecule has 1 N–H and O–H groups in total. The highest BCUT2D eigenvalue weighted by molar-refractivity contribution is 8.00. The number of hydrogen-bond acceptors (Lipinski definition) is 7. The van der Waals surface area contributed by atoms with E-state index in [1.807, 2.05) is 13.1 Å². The highest BCUT2D eigenvalue weighted by Gasteiger charge is 2.18. The van der Waals surface area contributed by atoms with Crippen LogP contribution in [-0.2, 0) is 9.47 Å². The van der Waals surface area contributed by atoms with Crippen LogP contribution in [0.5, 0.6) is 0 Å². The molecule has 3 rings (SSSR count). The molecule has 6 nitrogen and oxygen atoms in total. The standard InChI is InChI=1S/C16H22N4O2S/c1-10-19-12-7-11(23-16(2,3)4)8-17-14(12)15(20-10)18-9-13-21-5-6-22-13/h7-8,13H,5-6,9H2,1-4H3,(H,18,19,20). The summed E-state index contributed by atoms with van der Waals surface area (Å²) in [5.74, 6) is 1.44. The topological polar surface area (TPSA) is 69.2 Å². The van der Waals surface area contributed by atoms with Crippen molar-refractivity contribution < 1.29 is 9.47 Å². The molecule has 1 aliphatic heterocycles. The van der Waals surface area contributed by atoms with Gasteiger partial charge in [-0.05, 0) is 13.0 Å². The lowest BCUT2D eigenvalue weighted by Gasteiger charge is -2.17. The number of thioether (sulfide) groups is 1. The maximum atomic E-state index is 5.44. The number of aryl methyl sites for hydroxylation is 1. The number of nitrogens with zero attached hydrogens (tertiary/aromatic N) is 3. The van der Waals surface area contributed by atoms with E-state index in [1.54, 1.807) is 11.8 Å². The van der Waals surface area contributed by atoms with E-state index in [4.69, 9.17) is 9.47 Å². The Morgan fingerprint density at radius 2 is 2.00 bits per heavy atom. The van der Waals surface area contributed by atoms with E-state index < -0.39 is 0 Å². The first-order valence-corrected chi connectivity index (χ1v) is 8.53. The van der Waals surface area contributed by atoms with E-state index in [2.05, 4.69) is 47.1 Å². The second-order valence-corrected chi connectivity index (χ2v) is 8.32. The maximum absolute atomic E-state index is 5.44. The maximum Gasteiger partial charge on any atom is 0.174 e. The van der Waals surface area contributed by atoms with Gasteiger partial charge in [-0.1, -0.05) is 20.8 Å². The first kappa shape index (κ1) is 16.4. The SMILES string of the molecule is Cc1nc(NCC2OCCO2)c2ncc(SC(C)(C)C)cc2n1. The average Bonchev–Trinajstić information content (AvgIpc) is 2.95. The summed E-state index contributed by atoms with van der Waals surface area (Å²) in [6.45, 7) is 10.3. The van der Waals surface area contributed by atoms with Crippen LogP contribution in [0.15, 0.2) is 17.2 Å². The Morgan fingerprint density at radius 3 is 2.70 bits per heavy atom. The molecule has 3 heterocycles. The summed E-state index contributed by atoms with van der Waals surface area (Å²) in [5.41, 5.74) is 1.62. The van der Waals surface area contributed by atoms with Crippen LogP contribution in [0.4, 0.5) is 5.82 Å². The normalized spacial score (nSPS) is 16.2. The minimum Gasteiger partial charge on any atom is -0.363 e. The molecule has 0 saturated carbocycles. The van der Waals surface area contributed by atoms with E-state index in [1.165, 1.54) is 0 Å². The lowest BCUT2D eigenvalue weighted by atomic mass is 10.3. The number of nitrogens with one attached hydrogen (secondary N) is 1. The Morgan fingerprint density at radius 1 is 1.26 bits per heavy atom. The van der Waals surface area contributed by atoms with Crippen LogP contribution in [0.1, 0.15) is 26.6 Å². The van der Waals surface area contributed by atoms with Crippen molar-refractivity contribution in [3.05, 3.63) is 18.1 Å². The Kier molecular flexibility index (Phi) is 4.70. The zero-order chi connectivity index (χ0) is 16.4. The molecule has 0 unspecified atom stereocenters. The number of anilines is 1. The lowest BCUT2D eigenvalue weighted by Crippen LogP contribution is -2.21. The summed E-state index contributed by atoms with van der Waals surface area (Å²) < 4.78 is 11.0. The van der Waals surface area contributed by atoms with Gasteiger partial charge in [0.05, 0.1) is 25.3 Å². The predicted molar refractivity (Wildman–Crippen MR) is 91.9 cm³/mol. The van der Waals surface area contributed by atoms with Crippen LogP contribution in [0.3, 0.4) is 0 Å². The monoisotopic (exact) mass is 334 g/mol. The fraction of sp³-hybridized carbons (Fsp3) is 0.562. The molecule has 2 aromatic heterocycles. The molecule has 7 heteroatoms. The Balaban J connectivity index is 1.85. The van der Waals surface area contributed by atoms with Gasteiger partial charge < -0.3 is 14.8 Å². The fourth-order valence-corrected chi connectivity index (χ4v) is 3.34. The van der Waals surface area contributed by atoms with Crippen molar-refractivity contribution in [1.29, 1.82) is 0 Å². The summed E-state index contributed by atoms with van der Waals surface area (Å²) >= 11 is 1.78. The first-order chi connectivity index (χ1) is 10.9. The van der Waals surface area contributed by atoms with Gasteiger partial charge in [0.15, 0.2) is 12.1 Å². The highest BCUT2D eigenvalue weighted by Crippen LogP contribution is 2.33. The van der Waals surface area contributed by atoms with E-state index in [0.717, 1.165) is 21.7 Å². The highest BCUT2D eigenvalue weighted by atomic mass is 32.2. The van der Waals surface area contributed by atoms with E-state index >= 15 is 0 Å². The smallest absolute Gasteiger partial charge is 0.174 e. The molecule has 0 spiro atoms. The summed E-state index contributed by atoms with van der Waals surface area (Å²) in [7, 11) is 0. The van der Waals surface area contributed by atoms with Gasteiger partial charge in [0.25, 0.3) is 0 Å². The summed E-state index contributed by atoms with van der Waals surface area (Å²) in [5, 5.41) is 3.27. The van der Waals surface area contributed by atoms with E-state index in [-0.39, 0.29) is 11.0 Å². The molecule has 23 heavy (non-hydrogen) atoms. The number of ether oxygens (including phenoxy) is 2. The van der Waals surface area contributed by atoms with Crippen molar-refractivity contribution in [3.63, 3.8) is 0 Å². The van der Waals surface area contributed by atoms with Crippen LogP contribution in [0.2, 0.25) is 0 Å². The molecule has 0 aromatic carbocycles. The molecule has 0 radical (unpaired) electrons. The third kappa shape index (κ3) is 4.31. The van der Waals surface area contributed by atoms with Gasteiger partial charge in [-0.25, -0.2) is 15.0 Å². The predicted octanol–water partition coefficient (Wildman–Crippen LogP) is 3.01. The van der Waals surface area contributed by atoms with Crippen LogP contribution >= 0.6 is 11.8 Å². The van der Waals surface area contributed by atoms with E-state index in [9.17, 15) is 0 Å². The van der Waals surface area contributed by atoms with Gasteiger partial charge in [0.2, 0.25) is 0 Å². The first-order valence-electron chi connectivity index (χ1n) is 7.71. The molecule has 124 valence electrons. The summed E-state index contributed by atoms with van der Waals surface area (Å²) in [6.07, 6.45) is 1.65. The van der Waals surface area contributed by atoms with Crippen LogP contribution in [-0.4, -0.2) is 45.7 Å². The van der Waals surface area contributed by atoms with E-state index in [0.29, 0.717) is 25.6 Å². The number of pyridine rings is 1. The molecular formula is C16H22N4O2S. The van der Waals surface area contributed by atoms with Gasteiger partial charge in [-0.3, -0.25) is 0 Å². The molecule has 1 saturated heterocycles. The third-order valence-corrected chi connectivity index (χ3v) is 4.25. The Hall–Kier alpha value is -1.44. The fourth-order valence-electron chi connectivity index (χ4n) is 2.35. The van der Waals surface area contributed by atoms with Crippen molar-refractivity contribution in [1.82, 2.24) is 15.0 Å². The number of rotatable bonds is 4. The quantitative estimate of drug-likeness (QED) is 0.862. The number of aromatic nitrogens is 3. The second kappa shape index (κ2) is 6.59. The molecule has 1 fully saturated rings. The van der Waals surface area contributed by atoms with Gasteiger partial charge in [0, 0.05) is 15.8 Å². The largest absolute Gasteiger partial charge is 0.363 e. The molecule has 0 aliphatic carbocycles. The van der Waals surface area contributed by atoms with Crippen LogP contribution < -0.4 is 5.32 Å². The van der Waals surface area contributed by atoms with Gasteiger partial charge in [0.1, 0.15) is 11.3 Å². The Bertz CT molecular complexity index is 696. The summed E-state index contributed by atoms with van der Waals surface area (Å²) in [4.78, 5) is 14.7. The number of hydrogen-bond donors (Lipinski definition) is 1.